The summed E-state index contributed by atoms with van der Waals surface area (Å²) in [5.74, 6) is 0. The molecule has 2 aromatic carbocycles. The number of furan rings is 1. The quantitative estimate of drug-likeness (QED) is 0.450. The maximum absolute atomic E-state index is 6.01. The molecule has 0 spiro atoms. The normalized spacial score (nSPS) is 11.6. The molecule has 0 saturated carbocycles. The minimum Gasteiger partial charge on any atom is -0.455 e. The second kappa shape index (κ2) is 3.47. The van der Waals surface area contributed by atoms with E-state index in [0.717, 1.165) is 32.8 Å². The fraction of sp³-hybridized carbons (Fsp3) is 0. The smallest absolute Gasteiger partial charge is 0.144 e. The first-order valence-electron chi connectivity index (χ1n) is 5.68. The zero-order chi connectivity index (χ0) is 12.1. The first kappa shape index (κ1) is 9.92. The van der Waals surface area contributed by atoms with Gasteiger partial charge in [-0.2, -0.15) is 0 Å². The molecule has 0 aliphatic rings. The summed E-state index contributed by atoms with van der Waals surface area (Å²) < 4.78 is 5.92. The van der Waals surface area contributed by atoms with Crippen molar-refractivity contribution >= 4 is 44.4 Å². The summed E-state index contributed by atoms with van der Waals surface area (Å²) in [5.41, 5.74) is 2.63. The van der Waals surface area contributed by atoms with E-state index >= 15 is 0 Å². The van der Waals surface area contributed by atoms with Crippen molar-refractivity contribution in [2.24, 2.45) is 0 Å². The Kier molecular flexibility index (Phi) is 1.91. The summed E-state index contributed by atoms with van der Waals surface area (Å²) in [7, 11) is 0. The third kappa shape index (κ3) is 1.27. The number of para-hydroxylation sites is 1. The molecular weight excluding hydrogens is 246 g/mol. The van der Waals surface area contributed by atoms with Gasteiger partial charge in [-0.25, -0.2) is 0 Å². The van der Waals surface area contributed by atoms with Crippen LogP contribution in [0, 0.1) is 0 Å². The molecule has 18 heavy (non-hydrogen) atoms. The Bertz CT molecular complexity index is 895. The van der Waals surface area contributed by atoms with Gasteiger partial charge in [-0.05, 0) is 24.3 Å². The molecule has 86 valence electrons. The lowest BCUT2D eigenvalue weighted by Gasteiger charge is -1.98. The number of hydrogen-bond acceptors (Lipinski definition) is 2. The Labute approximate surface area is 108 Å². The summed E-state index contributed by atoms with van der Waals surface area (Å²) >= 11 is 6.01. The van der Waals surface area contributed by atoms with Crippen LogP contribution >= 0.6 is 11.6 Å². The van der Waals surface area contributed by atoms with Crippen molar-refractivity contribution in [3.05, 3.63) is 53.7 Å². The van der Waals surface area contributed by atoms with E-state index in [9.17, 15) is 0 Å². The van der Waals surface area contributed by atoms with Crippen molar-refractivity contribution in [1.82, 2.24) is 4.98 Å². The molecule has 4 rings (SSSR count). The van der Waals surface area contributed by atoms with E-state index < -0.39 is 0 Å². The van der Waals surface area contributed by atoms with E-state index in [2.05, 4.69) is 11.1 Å². The van der Waals surface area contributed by atoms with Gasteiger partial charge in [-0.3, -0.25) is 4.98 Å². The molecule has 3 heteroatoms. The Balaban J connectivity index is 2.31. The maximum atomic E-state index is 6.01. The molecule has 0 fully saturated rings. The van der Waals surface area contributed by atoms with E-state index in [0.29, 0.717) is 5.02 Å². The highest BCUT2D eigenvalue weighted by Crippen LogP contribution is 2.33. The van der Waals surface area contributed by atoms with E-state index in [1.54, 1.807) is 6.20 Å². The van der Waals surface area contributed by atoms with Crippen molar-refractivity contribution in [2.45, 2.75) is 0 Å². The van der Waals surface area contributed by atoms with Crippen LogP contribution in [0.15, 0.2) is 53.1 Å². The number of pyridine rings is 1. The second-order valence-electron chi connectivity index (χ2n) is 4.26. The van der Waals surface area contributed by atoms with Gasteiger partial charge < -0.3 is 4.42 Å². The minimum atomic E-state index is 0.621. The number of aromatic nitrogens is 1. The lowest BCUT2D eigenvalue weighted by Crippen LogP contribution is -1.78. The average molecular weight is 254 g/mol. The number of hydrogen-bond donors (Lipinski definition) is 0. The topological polar surface area (TPSA) is 26.0 Å². The summed E-state index contributed by atoms with van der Waals surface area (Å²) in [6, 6.07) is 14.0. The monoisotopic (exact) mass is 253 g/mol. The van der Waals surface area contributed by atoms with Crippen LogP contribution in [-0.4, -0.2) is 4.98 Å². The molecule has 0 unspecified atom stereocenters. The molecule has 0 radical (unpaired) electrons. The Morgan fingerprint density at radius 1 is 0.944 bits per heavy atom. The molecule has 0 N–H and O–H groups in total. The van der Waals surface area contributed by atoms with Gasteiger partial charge in [0.05, 0.1) is 10.5 Å². The molecule has 0 atom stereocenters. The Morgan fingerprint density at radius 3 is 2.78 bits per heavy atom. The average Bonchev–Trinajstić information content (AvgIpc) is 2.78. The first-order valence-corrected chi connectivity index (χ1v) is 6.06. The number of benzene rings is 2. The lowest BCUT2D eigenvalue weighted by molar-refractivity contribution is 0.672. The molecule has 0 saturated heterocycles. The van der Waals surface area contributed by atoms with Gasteiger partial charge in [-0.15, -0.1) is 0 Å². The molecule has 4 aromatic rings. The summed E-state index contributed by atoms with van der Waals surface area (Å²) in [6.45, 7) is 0. The van der Waals surface area contributed by atoms with Crippen LogP contribution in [0.2, 0.25) is 5.02 Å². The highest BCUT2D eigenvalue weighted by molar-refractivity contribution is 6.31. The van der Waals surface area contributed by atoms with Crippen LogP contribution in [0.5, 0.6) is 0 Å². The Morgan fingerprint density at radius 2 is 1.83 bits per heavy atom. The molecule has 0 aliphatic carbocycles. The van der Waals surface area contributed by atoms with Crippen molar-refractivity contribution in [3.63, 3.8) is 0 Å². The standard InChI is InChI=1S/C15H8ClNO/c16-9-7-12-13(17-8-9)6-5-11-10-3-1-2-4-14(10)18-15(11)12/h1-8H. The lowest BCUT2D eigenvalue weighted by atomic mass is 10.1. The van der Waals surface area contributed by atoms with E-state index in [4.69, 9.17) is 16.0 Å². The first-order chi connectivity index (χ1) is 8.83. The summed E-state index contributed by atoms with van der Waals surface area (Å²) in [4.78, 5) is 4.31. The van der Waals surface area contributed by atoms with Gasteiger partial charge in [0.2, 0.25) is 0 Å². The SMILES string of the molecule is Clc1cnc2ccc3c4ccccc4oc3c2c1. The number of nitrogens with zero attached hydrogens (tertiary/aromatic N) is 1. The fourth-order valence-corrected chi connectivity index (χ4v) is 2.52. The molecule has 0 aliphatic heterocycles. The van der Waals surface area contributed by atoms with Gasteiger partial charge >= 0.3 is 0 Å². The van der Waals surface area contributed by atoms with Crippen molar-refractivity contribution in [2.75, 3.05) is 0 Å². The molecule has 0 bridgehead atoms. The molecule has 2 nitrogen and oxygen atoms in total. The predicted octanol–water partition coefficient (Wildman–Crippen LogP) is 4.79. The molecule has 2 aromatic heterocycles. The van der Waals surface area contributed by atoms with Crippen molar-refractivity contribution in [1.29, 1.82) is 0 Å². The molecular formula is C15H8ClNO. The van der Waals surface area contributed by atoms with Crippen LogP contribution in [0.1, 0.15) is 0 Å². The highest BCUT2D eigenvalue weighted by Gasteiger charge is 2.10. The Hall–Kier alpha value is -2.06. The molecule has 2 heterocycles. The largest absolute Gasteiger partial charge is 0.455 e. The highest BCUT2D eigenvalue weighted by atomic mass is 35.5. The second-order valence-corrected chi connectivity index (χ2v) is 4.70. The van der Waals surface area contributed by atoms with Crippen molar-refractivity contribution < 1.29 is 4.42 Å². The third-order valence-corrected chi connectivity index (χ3v) is 3.38. The summed E-state index contributed by atoms with van der Waals surface area (Å²) in [6.07, 6.45) is 1.65. The fourth-order valence-electron chi connectivity index (χ4n) is 2.36. The zero-order valence-corrected chi connectivity index (χ0v) is 10.1. The van der Waals surface area contributed by atoms with Crippen molar-refractivity contribution in [3.8, 4) is 0 Å². The van der Waals surface area contributed by atoms with Crippen LogP contribution < -0.4 is 0 Å². The van der Waals surface area contributed by atoms with E-state index in [1.807, 2.05) is 36.4 Å². The van der Waals surface area contributed by atoms with Crippen LogP contribution in [0.3, 0.4) is 0 Å². The van der Waals surface area contributed by atoms with Crippen LogP contribution in [0.4, 0.5) is 0 Å². The van der Waals surface area contributed by atoms with Crippen LogP contribution in [0.25, 0.3) is 32.8 Å². The minimum absolute atomic E-state index is 0.621. The van der Waals surface area contributed by atoms with Gasteiger partial charge in [0.25, 0.3) is 0 Å². The van der Waals surface area contributed by atoms with E-state index in [-0.39, 0.29) is 0 Å². The summed E-state index contributed by atoms with van der Waals surface area (Å²) in [5, 5.41) is 3.79. The van der Waals surface area contributed by atoms with Gasteiger partial charge in [0.1, 0.15) is 11.2 Å². The van der Waals surface area contributed by atoms with Gasteiger partial charge in [-0.1, -0.05) is 29.8 Å². The zero-order valence-electron chi connectivity index (χ0n) is 9.35. The van der Waals surface area contributed by atoms with Crippen LogP contribution in [-0.2, 0) is 0 Å². The third-order valence-electron chi connectivity index (χ3n) is 3.17. The number of rotatable bonds is 0. The van der Waals surface area contributed by atoms with Gasteiger partial charge in [0, 0.05) is 22.4 Å². The number of halogens is 1. The van der Waals surface area contributed by atoms with Gasteiger partial charge in [0.15, 0.2) is 0 Å². The number of fused-ring (bicyclic) bond motifs is 5. The predicted molar refractivity (Wildman–Crippen MR) is 74.0 cm³/mol. The van der Waals surface area contributed by atoms with E-state index in [1.165, 1.54) is 0 Å². The maximum Gasteiger partial charge on any atom is 0.144 e. The molecule has 0 amide bonds.